The van der Waals surface area contributed by atoms with Crippen LogP contribution >= 0.6 is 8.15 Å². The quantitative estimate of drug-likeness (QED) is 0.693. The fraction of sp³-hybridized carbons (Fsp3) is 0.500. The molecule has 0 aromatic heterocycles. The van der Waals surface area contributed by atoms with E-state index in [2.05, 4.69) is 27.7 Å². The third-order valence-electron chi connectivity index (χ3n) is 2.02. The van der Waals surface area contributed by atoms with Gasteiger partial charge >= 0.3 is 0 Å². The molecule has 0 aliphatic heterocycles. The van der Waals surface area contributed by atoms with Crippen LogP contribution in [-0.4, -0.2) is 11.3 Å². The van der Waals surface area contributed by atoms with Crippen LogP contribution in [0.25, 0.3) is 0 Å². The van der Waals surface area contributed by atoms with E-state index in [1.807, 2.05) is 6.07 Å². The Bertz CT molecular complexity index is 304. The van der Waals surface area contributed by atoms with Gasteiger partial charge in [-0.3, -0.25) is 0 Å². The summed E-state index contributed by atoms with van der Waals surface area (Å²) >= 11 is 0. The second kappa shape index (κ2) is 5.46. The Balaban J connectivity index is 2.74. The summed E-state index contributed by atoms with van der Waals surface area (Å²) in [5, 5.41) is 0. The first-order chi connectivity index (χ1) is 7.00. The van der Waals surface area contributed by atoms with Crippen LogP contribution in [0.5, 0.6) is 5.75 Å². The van der Waals surface area contributed by atoms with E-state index in [4.69, 9.17) is 4.52 Å². The topological polar surface area (TPSA) is 9.23 Å². The molecule has 1 rings (SSSR count). The van der Waals surface area contributed by atoms with Gasteiger partial charge in [0.2, 0.25) is 0 Å². The summed E-state index contributed by atoms with van der Waals surface area (Å²) in [4.78, 5) is 0. The zero-order valence-corrected chi connectivity index (χ0v) is 10.6. The van der Waals surface area contributed by atoms with E-state index in [9.17, 15) is 4.39 Å². The summed E-state index contributed by atoms with van der Waals surface area (Å²) in [6.07, 6.45) is 0. The van der Waals surface area contributed by atoms with E-state index in [1.165, 1.54) is 12.1 Å². The van der Waals surface area contributed by atoms with Crippen molar-refractivity contribution in [3.8, 4) is 5.75 Å². The molecule has 0 unspecified atom stereocenters. The van der Waals surface area contributed by atoms with Crippen LogP contribution in [0.2, 0.25) is 0 Å². The summed E-state index contributed by atoms with van der Waals surface area (Å²) in [5.74, 6) is 0.401. The Kier molecular flexibility index (Phi) is 4.53. The van der Waals surface area contributed by atoms with Crippen molar-refractivity contribution in [2.24, 2.45) is 0 Å². The Morgan fingerprint density at radius 2 is 1.73 bits per heavy atom. The van der Waals surface area contributed by atoms with E-state index in [-0.39, 0.29) is 5.82 Å². The van der Waals surface area contributed by atoms with E-state index >= 15 is 0 Å². The van der Waals surface area contributed by atoms with Crippen LogP contribution in [-0.2, 0) is 0 Å². The zero-order valence-electron chi connectivity index (χ0n) is 9.70. The molecule has 0 N–H and O–H groups in total. The van der Waals surface area contributed by atoms with E-state index in [0.29, 0.717) is 17.1 Å². The van der Waals surface area contributed by atoms with Crippen molar-refractivity contribution in [2.45, 2.75) is 39.0 Å². The maximum atomic E-state index is 12.9. The van der Waals surface area contributed by atoms with Crippen molar-refractivity contribution in [2.75, 3.05) is 0 Å². The van der Waals surface area contributed by atoms with Crippen molar-refractivity contribution in [1.29, 1.82) is 0 Å². The highest BCUT2D eigenvalue weighted by atomic mass is 31.1. The van der Waals surface area contributed by atoms with Gasteiger partial charge in [-0.05, 0) is 12.1 Å². The lowest BCUT2D eigenvalue weighted by molar-refractivity contribution is 0.573. The smallest absolute Gasteiger partial charge is 0.126 e. The zero-order chi connectivity index (χ0) is 11.4. The van der Waals surface area contributed by atoms with Crippen molar-refractivity contribution in [3.05, 3.63) is 30.1 Å². The van der Waals surface area contributed by atoms with Gasteiger partial charge in [-0.25, -0.2) is 4.39 Å². The lowest BCUT2D eigenvalue weighted by atomic mass is 10.3. The van der Waals surface area contributed by atoms with Crippen molar-refractivity contribution in [3.63, 3.8) is 0 Å². The molecule has 0 heterocycles. The third-order valence-corrected chi connectivity index (χ3v) is 4.48. The minimum absolute atomic E-state index is 0.241. The van der Waals surface area contributed by atoms with Gasteiger partial charge in [-0.15, -0.1) is 0 Å². The number of rotatable bonds is 4. The fourth-order valence-corrected chi connectivity index (χ4v) is 3.42. The third kappa shape index (κ3) is 3.79. The van der Waals surface area contributed by atoms with Crippen LogP contribution in [0.15, 0.2) is 24.3 Å². The number of benzene rings is 1. The molecule has 0 radical (unpaired) electrons. The van der Waals surface area contributed by atoms with E-state index < -0.39 is 8.15 Å². The largest absolute Gasteiger partial charge is 0.473 e. The lowest BCUT2D eigenvalue weighted by Gasteiger charge is -2.25. The second-order valence-electron chi connectivity index (χ2n) is 4.10. The van der Waals surface area contributed by atoms with Gasteiger partial charge in [-0.1, -0.05) is 33.8 Å². The Morgan fingerprint density at radius 1 is 1.13 bits per heavy atom. The van der Waals surface area contributed by atoms with Crippen LogP contribution in [0.4, 0.5) is 4.39 Å². The van der Waals surface area contributed by atoms with E-state index in [0.717, 1.165) is 0 Å². The van der Waals surface area contributed by atoms with Gasteiger partial charge < -0.3 is 4.52 Å². The minimum Gasteiger partial charge on any atom is -0.473 e. The average molecular weight is 228 g/mol. The molecule has 0 saturated carbocycles. The molecule has 0 aliphatic carbocycles. The summed E-state index contributed by atoms with van der Waals surface area (Å²) < 4.78 is 18.8. The minimum atomic E-state index is -0.534. The first-order valence-corrected chi connectivity index (χ1v) is 6.62. The Morgan fingerprint density at radius 3 is 2.20 bits per heavy atom. The molecule has 15 heavy (non-hydrogen) atoms. The molecule has 0 saturated heterocycles. The number of hydrogen-bond donors (Lipinski definition) is 0. The summed E-state index contributed by atoms with van der Waals surface area (Å²) in [6.45, 7) is 8.58. The first kappa shape index (κ1) is 12.4. The molecule has 0 spiro atoms. The van der Waals surface area contributed by atoms with E-state index in [1.54, 1.807) is 6.07 Å². The molecule has 84 valence electrons. The highest BCUT2D eigenvalue weighted by molar-refractivity contribution is 7.54. The van der Waals surface area contributed by atoms with Gasteiger partial charge in [0.05, 0.1) is 8.15 Å². The first-order valence-electron chi connectivity index (χ1n) is 5.22. The predicted molar refractivity (Wildman–Crippen MR) is 64.2 cm³/mol. The summed E-state index contributed by atoms with van der Waals surface area (Å²) in [7, 11) is -0.534. The second-order valence-corrected chi connectivity index (χ2v) is 7.06. The van der Waals surface area contributed by atoms with Crippen molar-refractivity contribution in [1.82, 2.24) is 0 Å². The molecule has 3 heteroatoms. The van der Waals surface area contributed by atoms with Gasteiger partial charge in [0, 0.05) is 17.4 Å². The standard InChI is InChI=1S/C12H18FOP/c1-9(2)15(10(3)4)14-12-7-5-6-11(13)8-12/h5-10H,1-4H3. The average Bonchev–Trinajstić information content (AvgIpc) is 2.13. The molecular weight excluding hydrogens is 210 g/mol. The molecule has 0 amide bonds. The van der Waals surface area contributed by atoms with Gasteiger partial charge in [0.25, 0.3) is 0 Å². The van der Waals surface area contributed by atoms with Gasteiger partial charge in [0.15, 0.2) is 0 Å². The summed E-state index contributed by atoms with van der Waals surface area (Å²) in [6, 6.07) is 6.36. The normalized spacial score (nSPS) is 11.5. The molecule has 1 aromatic carbocycles. The SMILES string of the molecule is CC(C)P(Oc1cccc(F)c1)C(C)C. The molecular formula is C12H18FOP. The van der Waals surface area contributed by atoms with Crippen LogP contribution < -0.4 is 4.52 Å². The predicted octanol–water partition coefficient (Wildman–Crippen LogP) is 4.42. The Hall–Kier alpha value is -0.620. The van der Waals surface area contributed by atoms with Crippen LogP contribution in [0, 0.1) is 5.82 Å². The maximum Gasteiger partial charge on any atom is 0.126 e. The van der Waals surface area contributed by atoms with Crippen molar-refractivity contribution < 1.29 is 8.91 Å². The molecule has 0 atom stereocenters. The highest BCUT2D eigenvalue weighted by Gasteiger charge is 2.19. The van der Waals surface area contributed by atoms with Crippen LogP contribution in [0.1, 0.15) is 27.7 Å². The number of hydrogen-bond acceptors (Lipinski definition) is 1. The maximum absolute atomic E-state index is 12.9. The van der Waals surface area contributed by atoms with Crippen LogP contribution in [0.3, 0.4) is 0 Å². The number of halogens is 1. The summed E-state index contributed by atoms with van der Waals surface area (Å²) in [5.41, 5.74) is 0.978. The van der Waals surface area contributed by atoms with Gasteiger partial charge in [-0.2, -0.15) is 0 Å². The lowest BCUT2D eigenvalue weighted by Crippen LogP contribution is -2.08. The molecule has 1 nitrogen and oxygen atoms in total. The van der Waals surface area contributed by atoms with Crippen molar-refractivity contribution >= 4 is 8.15 Å². The molecule has 1 aromatic rings. The Labute approximate surface area is 92.5 Å². The highest BCUT2D eigenvalue weighted by Crippen LogP contribution is 2.47. The molecule has 0 aliphatic rings. The fourth-order valence-electron chi connectivity index (χ4n) is 1.45. The van der Waals surface area contributed by atoms with Gasteiger partial charge in [0.1, 0.15) is 11.6 Å². The monoisotopic (exact) mass is 228 g/mol. The molecule has 0 bridgehead atoms. The molecule has 0 fully saturated rings.